The molecule has 2 aromatic carbocycles. The highest BCUT2D eigenvalue weighted by molar-refractivity contribution is 9.30. The van der Waals surface area contributed by atoms with Gasteiger partial charge in [-0.15, -0.1) is 0 Å². The number of benzene rings is 2. The molecule has 0 aliphatic rings. The lowest BCUT2D eigenvalue weighted by molar-refractivity contribution is 0.256. The van der Waals surface area contributed by atoms with Crippen LogP contribution >= 0.6 is 95.6 Å². The van der Waals surface area contributed by atoms with Gasteiger partial charge in [-0.25, -0.2) is 0 Å². The van der Waals surface area contributed by atoms with Gasteiger partial charge in [-0.3, -0.25) is 0 Å². The Hall–Kier alpha value is 1.12. The topological polar surface area (TPSA) is 9.23 Å². The van der Waals surface area contributed by atoms with Crippen molar-refractivity contribution >= 4 is 95.6 Å². The molecule has 0 aliphatic carbocycles. The zero-order valence-electron chi connectivity index (χ0n) is 12.4. The molecule has 130 valence electrons. The molecule has 1 atom stereocenters. The zero-order valence-corrected chi connectivity index (χ0v) is 21.9. The van der Waals surface area contributed by atoms with Crippen molar-refractivity contribution in [2.24, 2.45) is 0 Å². The molecule has 0 heterocycles. The van der Waals surface area contributed by atoms with Crippen LogP contribution in [-0.4, -0.2) is 16.8 Å². The standard InChI is InChI=1S/C17H14Br6O/c18-11-14(19)10-16(20,21)17(22,23)24-15-8-4-7-13(9-15)12-5-2-1-3-6-12/h1-9,14H,10-11H2. The molecule has 0 radical (unpaired) electrons. The molecule has 1 nitrogen and oxygen atoms in total. The van der Waals surface area contributed by atoms with Crippen LogP contribution in [0.3, 0.4) is 0 Å². The molecule has 0 spiro atoms. The Morgan fingerprint density at radius 1 is 0.875 bits per heavy atom. The van der Waals surface area contributed by atoms with E-state index in [1.165, 1.54) is 0 Å². The number of halogens is 6. The lowest BCUT2D eigenvalue weighted by Gasteiger charge is -2.35. The summed E-state index contributed by atoms with van der Waals surface area (Å²) in [5.74, 6) is 0.762. The first-order valence-electron chi connectivity index (χ1n) is 7.05. The Bertz CT molecular complexity index is 659. The predicted octanol–water partition coefficient (Wildman–Crippen LogP) is 8.21. The third kappa shape index (κ3) is 5.81. The molecule has 0 aliphatic heterocycles. The van der Waals surface area contributed by atoms with Gasteiger partial charge >= 0.3 is 0 Å². The highest BCUT2D eigenvalue weighted by Gasteiger charge is 2.48. The van der Waals surface area contributed by atoms with Crippen molar-refractivity contribution in [3.8, 4) is 16.9 Å². The van der Waals surface area contributed by atoms with Crippen LogP contribution in [-0.2, 0) is 0 Å². The lowest BCUT2D eigenvalue weighted by atomic mass is 10.1. The van der Waals surface area contributed by atoms with Gasteiger partial charge in [0.05, 0.1) is 0 Å². The van der Waals surface area contributed by atoms with Crippen LogP contribution in [0, 0.1) is 0 Å². The van der Waals surface area contributed by atoms with E-state index in [2.05, 4.69) is 114 Å². The van der Waals surface area contributed by atoms with E-state index in [0.29, 0.717) is 0 Å². The average Bonchev–Trinajstić information content (AvgIpc) is 2.55. The summed E-state index contributed by atoms with van der Waals surface area (Å²) in [5, 5.41) is 0.839. The molecule has 2 rings (SSSR count). The SMILES string of the molecule is BrCC(Br)CC(Br)(Br)C(Br)(Br)Oc1cccc(-c2ccccc2)c1. The Balaban J connectivity index is 2.20. The van der Waals surface area contributed by atoms with Crippen molar-refractivity contribution in [3.05, 3.63) is 54.6 Å². The van der Waals surface area contributed by atoms with Crippen LogP contribution in [0.1, 0.15) is 6.42 Å². The van der Waals surface area contributed by atoms with E-state index in [-0.39, 0.29) is 4.83 Å². The fraction of sp³-hybridized carbons (Fsp3) is 0.294. The monoisotopic (exact) mass is 708 g/mol. The fourth-order valence-corrected chi connectivity index (χ4v) is 5.27. The van der Waals surface area contributed by atoms with Crippen molar-refractivity contribution in [1.29, 1.82) is 0 Å². The van der Waals surface area contributed by atoms with E-state index >= 15 is 0 Å². The molecule has 0 saturated carbocycles. The number of hydrogen-bond acceptors (Lipinski definition) is 1. The summed E-state index contributed by atoms with van der Waals surface area (Å²) in [6.07, 6.45) is 0.771. The van der Waals surface area contributed by atoms with Crippen molar-refractivity contribution in [3.63, 3.8) is 0 Å². The normalized spacial score (nSPS) is 13.6. The third-order valence-electron chi connectivity index (χ3n) is 3.26. The highest BCUT2D eigenvalue weighted by Crippen LogP contribution is 2.52. The first-order chi connectivity index (χ1) is 11.2. The number of rotatable bonds is 7. The molecular weight excluding hydrogens is 700 g/mol. The molecule has 0 aromatic heterocycles. The second-order valence-electron chi connectivity index (χ2n) is 5.17. The van der Waals surface area contributed by atoms with E-state index in [4.69, 9.17) is 4.74 Å². The second kappa shape index (κ2) is 9.36. The largest absolute Gasteiger partial charge is 0.464 e. The molecule has 24 heavy (non-hydrogen) atoms. The van der Waals surface area contributed by atoms with Gasteiger partial charge in [0.15, 0.2) is 0 Å². The smallest absolute Gasteiger partial charge is 0.242 e. The van der Waals surface area contributed by atoms with Crippen LogP contribution in [0.2, 0.25) is 0 Å². The maximum absolute atomic E-state index is 6.18. The summed E-state index contributed by atoms with van der Waals surface area (Å²) in [7, 11) is 0. The predicted molar refractivity (Wildman–Crippen MR) is 125 cm³/mol. The minimum atomic E-state index is -0.823. The molecule has 7 heteroatoms. The van der Waals surface area contributed by atoms with Crippen LogP contribution in [0.5, 0.6) is 5.75 Å². The molecule has 0 N–H and O–H groups in total. The highest BCUT2D eigenvalue weighted by atomic mass is 79.9. The molecule has 0 amide bonds. The van der Waals surface area contributed by atoms with Crippen LogP contribution in [0.25, 0.3) is 11.1 Å². The van der Waals surface area contributed by atoms with Crippen molar-refractivity contribution in [2.45, 2.75) is 17.9 Å². The van der Waals surface area contributed by atoms with Gasteiger partial charge in [0, 0.05) is 10.2 Å². The van der Waals surface area contributed by atoms with Gasteiger partial charge in [-0.1, -0.05) is 106 Å². The second-order valence-corrected chi connectivity index (χ2v) is 14.2. The Kier molecular flexibility index (Phi) is 8.35. The van der Waals surface area contributed by atoms with Crippen LogP contribution in [0.15, 0.2) is 54.6 Å². The number of alkyl halides is 6. The summed E-state index contributed by atoms with van der Waals surface area (Å²) in [5.41, 5.74) is 2.26. The first kappa shape index (κ1) is 21.4. The maximum Gasteiger partial charge on any atom is 0.242 e. The number of ether oxygens (including phenoxy) is 1. The summed E-state index contributed by atoms with van der Waals surface area (Å²) < 4.78 is 4.84. The molecule has 0 bridgehead atoms. The minimum absolute atomic E-state index is 0.282. The lowest BCUT2D eigenvalue weighted by Crippen LogP contribution is -2.41. The van der Waals surface area contributed by atoms with E-state index < -0.39 is 6.65 Å². The fourth-order valence-electron chi connectivity index (χ4n) is 2.04. The van der Waals surface area contributed by atoms with Crippen molar-refractivity contribution in [1.82, 2.24) is 0 Å². The van der Waals surface area contributed by atoms with Crippen LogP contribution < -0.4 is 4.74 Å². The van der Waals surface area contributed by atoms with E-state index in [0.717, 1.165) is 28.6 Å². The van der Waals surface area contributed by atoms with Gasteiger partial charge in [0.25, 0.3) is 0 Å². The summed E-state index contributed by atoms with van der Waals surface area (Å²) in [6.45, 7) is 0. The summed E-state index contributed by atoms with van der Waals surface area (Å²) in [4.78, 5) is 0.282. The van der Waals surface area contributed by atoms with Gasteiger partial charge in [-0.2, -0.15) is 0 Å². The Morgan fingerprint density at radius 3 is 2.12 bits per heavy atom. The average molecular weight is 714 g/mol. The van der Waals surface area contributed by atoms with Gasteiger partial charge in [0.2, 0.25) is 3.42 Å². The third-order valence-corrected chi connectivity index (χ3v) is 11.1. The number of hydrogen-bond donors (Lipinski definition) is 0. The molecule has 1 unspecified atom stereocenters. The zero-order chi connectivity index (χ0) is 17.8. The van der Waals surface area contributed by atoms with E-state index in [9.17, 15) is 0 Å². The Morgan fingerprint density at radius 2 is 1.50 bits per heavy atom. The quantitative estimate of drug-likeness (QED) is 0.263. The van der Waals surface area contributed by atoms with Gasteiger partial charge < -0.3 is 4.74 Å². The van der Waals surface area contributed by atoms with E-state index in [1.807, 2.05) is 36.4 Å². The molecule has 0 saturated heterocycles. The van der Waals surface area contributed by atoms with E-state index in [1.54, 1.807) is 0 Å². The Labute approximate surface area is 193 Å². The summed E-state index contributed by atoms with van der Waals surface area (Å²) >= 11 is 21.8. The van der Waals surface area contributed by atoms with Gasteiger partial charge in [-0.05, 0) is 61.5 Å². The van der Waals surface area contributed by atoms with Crippen LogP contribution in [0.4, 0.5) is 0 Å². The minimum Gasteiger partial charge on any atom is -0.464 e. The van der Waals surface area contributed by atoms with Crippen molar-refractivity contribution in [2.75, 3.05) is 5.33 Å². The van der Waals surface area contributed by atoms with Gasteiger partial charge in [0.1, 0.15) is 8.98 Å². The molecule has 2 aromatic rings. The molecular formula is C17H14Br6O. The first-order valence-corrected chi connectivity index (χ1v) is 12.3. The van der Waals surface area contributed by atoms with Crippen molar-refractivity contribution < 1.29 is 4.74 Å². The molecule has 0 fully saturated rings. The summed E-state index contributed by atoms with van der Waals surface area (Å²) in [6, 6.07) is 18.3. The maximum atomic E-state index is 6.18.